The van der Waals surface area contributed by atoms with Crippen molar-refractivity contribution in [1.82, 2.24) is 5.32 Å². The highest BCUT2D eigenvalue weighted by Gasteiger charge is 2.25. The number of carbonyl (C=O) groups is 1. The fourth-order valence-corrected chi connectivity index (χ4v) is 3.14. The van der Waals surface area contributed by atoms with Gasteiger partial charge in [-0.25, -0.2) is 4.39 Å². The third-order valence-corrected chi connectivity index (χ3v) is 4.57. The molecular formula is C14H18FNOS. The van der Waals surface area contributed by atoms with Gasteiger partial charge in [-0.2, -0.15) is 11.8 Å². The van der Waals surface area contributed by atoms with Crippen LogP contribution in [0.3, 0.4) is 0 Å². The molecular weight excluding hydrogens is 249 g/mol. The SMILES string of the molecule is CSC1CCC(NC(=O)c2ccc(F)c(C)c2)C1. The summed E-state index contributed by atoms with van der Waals surface area (Å²) in [6.07, 6.45) is 5.34. The normalized spacial score (nSPS) is 23.1. The summed E-state index contributed by atoms with van der Waals surface area (Å²) < 4.78 is 13.1. The van der Waals surface area contributed by atoms with Crippen molar-refractivity contribution in [2.75, 3.05) is 6.26 Å². The number of carbonyl (C=O) groups excluding carboxylic acids is 1. The monoisotopic (exact) mass is 267 g/mol. The van der Waals surface area contributed by atoms with Gasteiger partial charge in [-0.05, 0) is 56.2 Å². The lowest BCUT2D eigenvalue weighted by Crippen LogP contribution is -2.33. The molecule has 1 amide bonds. The molecule has 2 nitrogen and oxygen atoms in total. The van der Waals surface area contributed by atoms with Gasteiger partial charge in [-0.1, -0.05) is 0 Å². The Kier molecular flexibility index (Phi) is 4.27. The average molecular weight is 267 g/mol. The van der Waals surface area contributed by atoms with Crippen LogP contribution in [0.1, 0.15) is 35.2 Å². The van der Waals surface area contributed by atoms with Crippen molar-refractivity contribution in [3.63, 3.8) is 0 Å². The van der Waals surface area contributed by atoms with Crippen LogP contribution in [-0.2, 0) is 0 Å². The number of halogens is 1. The molecule has 0 bridgehead atoms. The fourth-order valence-electron chi connectivity index (χ4n) is 2.34. The van der Waals surface area contributed by atoms with Gasteiger partial charge in [0.1, 0.15) is 5.82 Å². The number of benzene rings is 1. The van der Waals surface area contributed by atoms with Gasteiger partial charge in [0.25, 0.3) is 5.91 Å². The number of rotatable bonds is 3. The molecule has 0 aliphatic heterocycles. The molecule has 0 spiro atoms. The average Bonchev–Trinajstić information content (AvgIpc) is 2.80. The fraction of sp³-hybridized carbons (Fsp3) is 0.500. The zero-order valence-electron chi connectivity index (χ0n) is 10.7. The van der Waals surface area contributed by atoms with E-state index in [1.165, 1.54) is 6.07 Å². The van der Waals surface area contributed by atoms with Crippen molar-refractivity contribution < 1.29 is 9.18 Å². The summed E-state index contributed by atoms with van der Waals surface area (Å²) in [5.41, 5.74) is 1.05. The van der Waals surface area contributed by atoms with Gasteiger partial charge in [0.2, 0.25) is 0 Å². The second-order valence-electron chi connectivity index (χ2n) is 4.81. The Bertz CT molecular complexity index is 449. The van der Waals surface area contributed by atoms with Crippen LogP contribution in [0.4, 0.5) is 4.39 Å². The highest BCUT2D eigenvalue weighted by atomic mass is 32.2. The molecule has 1 aliphatic carbocycles. The Morgan fingerprint density at radius 3 is 2.83 bits per heavy atom. The van der Waals surface area contributed by atoms with Crippen molar-refractivity contribution in [2.24, 2.45) is 0 Å². The minimum atomic E-state index is -0.269. The Hall–Kier alpha value is -1.03. The van der Waals surface area contributed by atoms with Gasteiger partial charge in [0, 0.05) is 16.9 Å². The number of thioether (sulfide) groups is 1. The largest absolute Gasteiger partial charge is 0.349 e. The minimum Gasteiger partial charge on any atom is -0.349 e. The predicted octanol–water partition coefficient (Wildman–Crippen LogP) is 3.15. The number of nitrogens with one attached hydrogen (secondary N) is 1. The maximum absolute atomic E-state index is 13.1. The number of hydrogen-bond donors (Lipinski definition) is 1. The minimum absolute atomic E-state index is 0.0927. The zero-order chi connectivity index (χ0) is 13.1. The molecule has 2 unspecified atom stereocenters. The lowest BCUT2D eigenvalue weighted by Gasteiger charge is -2.13. The van der Waals surface area contributed by atoms with Gasteiger partial charge in [0.05, 0.1) is 0 Å². The van der Waals surface area contributed by atoms with Gasteiger partial charge in [0.15, 0.2) is 0 Å². The summed E-state index contributed by atoms with van der Waals surface area (Å²) in [5, 5.41) is 3.69. The summed E-state index contributed by atoms with van der Waals surface area (Å²) in [6.45, 7) is 1.67. The van der Waals surface area contributed by atoms with Crippen LogP contribution in [0.2, 0.25) is 0 Å². The molecule has 18 heavy (non-hydrogen) atoms. The first kappa shape index (κ1) is 13.4. The molecule has 1 aromatic rings. The number of aryl methyl sites for hydroxylation is 1. The van der Waals surface area contributed by atoms with Crippen LogP contribution in [0.25, 0.3) is 0 Å². The smallest absolute Gasteiger partial charge is 0.251 e. The molecule has 0 saturated heterocycles. The van der Waals surface area contributed by atoms with Crippen molar-refractivity contribution in [2.45, 2.75) is 37.5 Å². The van der Waals surface area contributed by atoms with E-state index in [9.17, 15) is 9.18 Å². The van der Waals surface area contributed by atoms with E-state index in [4.69, 9.17) is 0 Å². The summed E-state index contributed by atoms with van der Waals surface area (Å²) in [5.74, 6) is -0.361. The number of amides is 1. The molecule has 0 heterocycles. The predicted molar refractivity (Wildman–Crippen MR) is 73.5 cm³/mol. The van der Waals surface area contributed by atoms with Crippen LogP contribution in [-0.4, -0.2) is 23.5 Å². The van der Waals surface area contributed by atoms with Crippen molar-refractivity contribution in [3.05, 3.63) is 35.1 Å². The molecule has 2 atom stereocenters. The van der Waals surface area contributed by atoms with E-state index in [0.29, 0.717) is 16.4 Å². The molecule has 4 heteroatoms. The first-order valence-corrected chi connectivity index (χ1v) is 7.48. The maximum Gasteiger partial charge on any atom is 0.251 e. The Labute approximate surface area is 111 Å². The van der Waals surface area contributed by atoms with Crippen molar-refractivity contribution >= 4 is 17.7 Å². The quantitative estimate of drug-likeness (QED) is 0.911. The Balaban J connectivity index is 1.97. The van der Waals surface area contributed by atoms with E-state index < -0.39 is 0 Å². The maximum atomic E-state index is 13.1. The second-order valence-corrected chi connectivity index (χ2v) is 5.94. The molecule has 1 fully saturated rings. The molecule has 1 aromatic carbocycles. The van der Waals surface area contributed by atoms with Crippen LogP contribution in [0, 0.1) is 12.7 Å². The van der Waals surface area contributed by atoms with Gasteiger partial charge in [-0.3, -0.25) is 4.79 Å². The Morgan fingerprint density at radius 2 is 2.22 bits per heavy atom. The second kappa shape index (κ2) is 5.74. The molecule has 2 rings (SSSR count). The van der Waals surface area contributed by atoms with E-state index in [2.05, 4.69) is 11.6 Å². The first-order valence-electron chi connectivity index (χ1n) is 6.20. The van der Waals surface area contributed by atoms with E-state index in [0.717, 1.165) is 19.3 Å². The summed E-state index contributed by atoms with van der Waals surface area (Å²) in [7, 11) is 0. The zero-order valence-corrected chi connectivity index (χ0v) is 11.5. The van der Waals surface area contributed by atoms with E-state index in [1.54, 1.807) is 19.1 Å². The van der Waals surface area contributed by atoms with Crippen molar-refractivity contribution in [3.8, 4) is 0 Å². The molecule has 0 aromatic heterocycles. The van der Waals surface area contributed by atoms with Crippen LogP contribution in [0.15, 0.2) is 18.2 Å². The summed E-state index contributed by atoms with van der Waals surface area (Å²) in [4.78, 5) is 12.0. The molecule has 0 radical (unpaired) electrons. The van der Waals surface area contributed by atoms with E-state index in [1.807, 2.05) is 11.8 Å². The van der Waals surface area contributed by atoms with Gasteiger partial charge >= 0.3 is 0 Å². The highest BCUT2D eigenvalue weighted by molar-refractivity contribution is 7.99. The summed E-state index contributed by atoms with van der Waals surface area (Å²) in [6, 6.07) is 4.76. The molecule has 1 N–H and O–H groups in total. The van der Waals surface area contributed by atoms with Crippen LogP contribution >= 0.6 is 11.8 Å². The Morgan fingerprint density at radius 1 is 1.44 bits per heavy atom. The van der Waals surface area contributed by atoms with Gasteiger partial charge < -0.3 is 5.32 Å². The molecule has 1 aliphatic rings. The lowest BCUT2D eigenvalue weighted by atomic mass is 10.1. The topological polar surface area (TPSA) is 29.1 Å². The van der Waals surface area contributed by atoms with Crippen LogP contribution < -0.4 is 5.32 Å². The highest BCUT2D eigenvalue weighted by Crippen LogP contribution is 2.28. The van der Waals surface area contributed by atoms with Crippen molar-refractivity contribution in [1.29, 1.82) is 0 Å². The first-order chi connectivity index (χ1) is 8.60. The number of hydrogen-bond acceptors (Lipinski definition) is 2. The summed E-state index contributed by atoms with van der Waals surface area (Å²) >= 11 is 1.86. The lowest BCUT2D eigenvalue weighted by molar-refractivity contribution is 0.0938. The van der Waals surface area contributed by atoms with E-state index >= 15 is 0 Å². The third-order valence-electron chi connectivity index (χ3n) is 3.47. The van der Waals surface area contributed by atoms with E-state index in [-0.39, 0.29) is 17.8 Å². The van der Waals surface area contributed by atoms with Gasteiger partial charge in [-0.15, -0.1) is 0 Å². The van der Waals surface area contributed by atoms with Crippen LogP contribution in [0.5, 0.6) is 0 Å². The standard InChI is InChI=1S/C14H18FNOS/c1-9-7-10(3-6-13(9)15)14(17)16-11-4-5-12(8-11)18-2/h3,6-7,11-12H,4-5,8H2,1-2H3,(H,16,17). The third kappa shape index (κ3) is 3.05. The molecule has 98 valence electrons. The molecule has 1 saturated carbocycles.